The van der Waals surface area contributed by atoms with Crippen molar-refractivity contribution in [2.75, 3.05) is 13.1 Å². The normalized spacial score (nSPS) is 9.81. The van der Waals surface area contributed by atoms with Gasteiger partial charge < -0.3 is 15.0 Å². The van der Waals surface area contributed by atoms with Crippen LogP contribution in [-0.2, 0) is 4.79 Å². The molecule has 0 bridgehead atoms. The number of pyridine rings is 1. The molecule has 1 amide bonds. The zero-order valence-electron chi connectivity index (χ0n) is 8.77. The van der Waals surface area contributed by atoms with Gasteiger partial charge in [0.2, 0.25) is 5.56 Å². The van der Waals surface area contributed by atoms with Crippen molar-refractivity contribution >= 4 is 11.9 Å². The number of amides is 1. The van der Waals surface area contributed by atoms with Crippen molar-refractivity contribution in [1.82, 2.24) is 9.88 Å². The van der Waals surface area contributed by atoms with Gasteiger partial charge in [-0.15, -0.1) is 0 Å². The lowest BCUT2D eigenvalue weighted by atomic mass is 10.2. The molecule has 0 aromatic carbocycles. The van der Waals surface area contributed by atoms with Crippen LogP contribution in [0.5, 0.6) is 0 Å². The number of carbonyl (C=O) groups excluding carboxylic acids is 1. The van der Waals surface area contributed by atoms with Crippen LogP contribution in [-0.4, -0.2) is 40.0 Å². The Morgan fingerprint density at radius 1 is 1.44 bits per heavy atom. The van der Waals surface area contributed by atoms with E-state index in [4.69, 9.17) is 5.11 Å². The molecule has 0 radical (unpaired) electrons. The molecule has 0 aliphatic heterocycles. The van der Waals surface area contributed by atoms with E-state index in [0.717, 1.165) is 0 Å². The van der Waals surface area contributed by atoms with Crippen molar-refractivity contribution in [2.24, 2.45) is 0 Å². The van der Waals surface area contributed by atoms with Gasteiger partial charge in [0.05, 0.1) is 5.56 Å². The first-order valence-electron chi connectivity index (χ1n) is 4.74. The fourth-order valence-corrected chi connectivity index (χ4v) is 1.22. The summed E-state index contributed by atoms with van der Waals surface area (Å²) in [7, 11) is 0. The van der Waals surface area contributed by atoms with Crippen LogP contribution >= 0.6 is 0 Å². The minimum Gasteiger partial charge on any atom is -0.480 e. The molecule has 1 rings (SSSR count). The number of hydrogen-bond donors (Lipinski definition) is 2. The van der Waals surface area contributed by atoms with Crippen LogP contribution in [0.2, 0.25) is 0 Å². The first kappa shape index (κ1) is 12.0. The molecule has 0 saturated carbocycles. The molecule has 0 atom stereocenters. The second kappa shape index (κ2) is 5.11. The van der Waals surface area contributed by atoms with E-state index in [1.54, 1.807) is 6.92 Å². The van der Waals surface area contributed by atoms with Crippen LogP contribution in [0.1, 0.15) is 17.3 Å². The van der Waals surface area contributed by atoms with Gasteiger partial charge >= 0.3 is 5.97 Å². The number of nitrogens with one attached hydrogen (secondary N) is 1. The predicted octanol–water partition coefficient (Wildman–Crippen LogP) is -0.0784. The topological polar surface area (TPSA) is 90.5 Å². The lowest BCUT2D eigenvalue weighted by Gasteiger charge is -2.18. The summed E-state index contributed by atoms with van der Waals surface area (Å²) >= 11 is 0. The van der Waals surface area contributed by atoms with Gasteiger partial charge in [-0.3, -0.25) is 14.4 Å². The minimum atomic E-state index is -1.07. The van der Waals surface area contributed by atoms with Crippen LogP contribution in [0.15, 0.2) is 23.1 Å². The van der Waals surface area contributed by atoms with Gasteiger partial charge in [0.15, 0.2) is 0 Å². The van der Waals surface area contributed by atoms with Crippen LogP contribution in [0, 0.1) is 0 Å². The number of aromatic nitrogens is 1. The van der Waals surface area contributed by atoms with E-state index < -0.39 is 11.9 Å². The molecule has 0 fully saturated rings. The summed E-state index contributed by atoms with van der Waals surface area (Å²) in [6, 6.07) is 2.59. The van der Waals surface area contributed by atoms with E-state index in [1.165, 1.54) is 23.2 Å². The molecule has 86 valence electrons. The molecule has 2 N–H and O–H groups in total. The van der Waals surface area contributed by atoms with Crippen LogP contribution in [0.3, 0.4) is 0 Å². The van der Waals surface area contributed by atoms with E-state index in [1.807, 2.05) is 0 Å². The highest BCUT2D eigenvalue weighted by molar-refractivity contribution is 5.95. The van der Waals surface area contributed by atoms with Gasteiger partial charge in [-0.25, -0.2) is 0 Å². The Morgan fingerprint density at radius 2 is 2.12 bits per heavy atom. The second-order valence-corrected chi connectivity index (χ2v) is 3.15. The van der Waals surface area contributed by atoms with Crippen LogP contribution < -0.4 is 5.56 Å². The maximum absolute atomic E-state index is 11.8. The molecule has 1 heterocycles. The van der Waals surface area contributed by atoms with Crippen LogP contribution in [0.25, 0.3) is 0 Å². The van der Waals surface area contributed by atoms with E-state index in [9.17, 15) is 14.4 Å². The van der Waals surface area contributed by atoms with Crippen molar-refractivity contribution < 1.29 is 14.7 Å². The third kappa shape index (κ3) is 2.94. The zero-order chi connectivity index (χ0) is 12.1. The molecule has 0 saturated heterocycles. The smallest absolute Gasteiger partial charge is 0.323 e. The van der Waals surface area contributed by atoms with E-state index >= 15 is 0 Å². The number of H-pyrrole nitrogens is 1. The van der Waals surface area contributed by atoms with Gasteiger partial charge in [-0.1, -0.05) is 0 Å². The van der Waals surface area contributed by atoms with Gasteiger partial charge in [0, 0.05) is 18.8 Å². The average Bonchev–Trinajstić information content (AvgIpc) is 2.25. The van der Waals surface area contributed by atoms with Gasteiger partial charge in [0.1, 0.15) is 6.54 Å². The quantitative estimate of drug-likeness (QED) is 0.748. The maximum atomic E-state index is 11.8. The summed E-state index contributed by atoms with van der Waals surface area (Å²) < 4.78 is 0. The van der Waals surface area contributed by atoms with Gasteiger partial charge in [-0.05, 0) is 13.0 Å². The summed E-state index contributed by atoms with van der Waals surface area (Å²) in [4.78, 5) is 36.6. The number of aliphatic carboxylic acids is 1. The molecular weight excluding hydrogens is 212 g/mol. The first-order chi connectivity index (χ1) is 7.54. The summed E-state index contributed by atoms with van der Waals surface area (Å²) in [6.45, 7) is 1.63. The molecule has 16 heavy (non-hydrogen) atoms. The van der Waals surface area contributed by atoms with Crippen molar-refractivity contribution in [3.63, 3.8) is 0 Å². The minimum absolute atomic E-state index is 0.266. The fourth-order valence-electron chi connectivity index (χ4n) is 1.22. The Labute approximate surface area is 91.5 Å². The molecule has 6 heteroatoms. The van der Waals surface area contributed by atoms with Crippen molar-refractivity contribution in [3.05, 3.63) is 34.2 Å². The third-order valence-electron chi connectivity index (χ3n) is 2.03. The predicted molar refractivity (Wildman–Crippen MR) is 56.3 cm³/mol. The number of aromatic amines is 1. The Balaban J connectivity index is 2.86. The lowest BCUT2D eigenvalue weighted by molar-refractivity contribution is -0.137. The molecule has 1 aromatic rings. The Morgan fingerprint density at radius 3 is 2.56 bits per heavy atom. The standard InChI is InChI=1S/C10H12N2O4/c1-2-12(6-9(14)15)10(16)7-3-4-8(13)11-5-7/h3-5H,2,6H2,1H3,(H,11,13)(H,14,15). The number of rotatable bonds is 4. The van der Waals surface area contributed by atoms with Gasteiger partial charge in [0.25, 0.3) is 5.91 Å². The number of hydrogen-bond acceptors (Lipinski definition) is 3. The number of carboxylic acids is 1. The highest BCUT2D eigenvalue weighted by Gasteiger charge is 2.16. The number of carboxylic acid groups (broad SMARTS) is 1. The Bertz CT molecular complexity index is 432. The van der Waals surface area contributed by atoms with Crippen molar-refractivity contribution in [2.45, 2.75) is 6.92 Å². The first-order valence-corrected chi connectivity index (χ1v) is 4.74. The van der Waals surface area contributed by atoms with E-state index in [0.29, 0.717) is 6.54 Å². The SMILES string of the molecule is CCN(CC(=O)O)C(=O)c1ccc(=O)[nH]c1. The molecule has 0 unspecified atom stereocenters. The zero-order valence-corrected chi connectivity index (χ0v) is 8.77. The summed E-state index contributed by atoms with van der Waals surface area (Å²) in [5.74, 6) is -1.49. The summed E-state index contributed by atoms with van der Waals surface area (Å²) in [5, 5.41) is 8.60. The Hall–Kier alpha value is -2.11. The molecule has 1 aromatic heterocycles. The summed E-state index contributed by atoms with van der Waals surface area (Å²) in [6.07, 6.45) is 1.27. The average molecular weight is 224 g/mol. The molecular formula is C10H12N2O4. The second-order valence-electron chi connectivity index (χ2n) is 3.15. The maximum Gasteiger partial charge on any atom is 0.323 e. The highest BCUT2D eigenvalue weighted by Crippen LogP contribution is 2.01. The Kier molecular flexibility index (Phi) is 3.82. The largest absolute Gasteiger partial charge is 0.480 e. The van der Waals surface area contributed by atoms with Gasteiger partial charge in [-0.2, -0.15) is 0 Å². The molecule has 6 nitrogen and oxygen atoms in total. The molecule has 0 aliphatic carbocycles. The lowest BCUT2D eigenvalue weighted by Crippen LogP contribution is -2.35. The summed E-state index contributed by atoms with van der Waals surface area (Å²) in [5.41, 5.74) is -0.0412. The monoisotopic (exact) mass is 224 g/mol. The molecule has 0 spiro atoms. The van der Waals surface area contributed by atoms with Crippen molar-refractivity contribution in [3.8, 4) is 0 Å². The third-order valence-corrected chi connectivity index (χ3v) is 2.03. The number of nitrogens with zero attached hydrogens (tertiary/aromatic N) is 1. The van der Waals surface area contributed by atoms with E-state index in [-0.39, 0.29) is 17.7 Å². The molecule has 0 aliphatic rings. The van der Waals surface area contributed by atoms with Crippen molar-refractivity contribution in [1.29, 1.82) is 0 Å². The fraction of sp³-hybridized carbons (Fsp3) is 0.300. The number of carbonyl (C=O) groups is 2. The highest BCUT2D eigenvalue weighted by atomic mass is 16.4. The number of likely N-dealkylation sites (N-methyl/N-ethyl adjacent to an activating group) is 1. The van der Waals surface area contributed by atoms with Crippen LogP contribution in [0.4, 0.5) is 0 Å². The van der Waals surface area contributed by atoms with E-state index in [2.05, 4.69) is 4.98 Å².